The van der Waals surface area contributed by atoms with Crippen LogP contribution in [0.2, 0.25) is 5.02 Å². The first-order chi connectivity index (χ1) is 11.2. The van der Waals surface area contributed by atoms with Gasteiger partial charge in [-0.2, -0.15) is 0 Å². The van der Waals surface area contributed by atoms with Crippen molar-refractivity contribution in [3.05, 3.63) is 62.0 Å². The SMILES string of the molecule is CC(C)(C)c1nc2c(c(=O)[nH]1)CN(Cc1ccc(F)c(Cl)c1)CC2. The molecule has 1 aliphatic heterocycles. The zero-order valence-corrected chi connectivity index (χ0v) is 14.9. The van der Waals surface area contributed by atoms with Gasteiger partial charge in [0.2, 0.25) is 0 Å². The highest BCUT2D eigenvalue weighted by atomic mass is 35.5. The number of fused-ring (bicyclic) bond motifs is 1. The number of H-pyrrole nitrogens is 1. The quantitative estimate of drug-likeness (QED) is 0.903. The molecule has 1 aliphatic rings. The Morgan fingerprint density at radius 2 is 2.12 bits per heavy atom. The van der Waals surface area contributed by atoms with Crippen LogP contribution in [0.5, 0.6) is 0 Å². The van der Waals surface area contributed by atoms with Gasteiger partial charge in [-0.05, 0) is 17.7 Å². The van der Waals surface area contributed by atoms with E-state index in [9.17, 15) is 9.18 Å². The largest absolute Gasteiger partial charge is 0.310 e. The lowest BCUT2D eigenvalue weighted by atomic mass is 9.95. The molecule has 0 saturated heterocycles. The van der Waals surface area contributed by atoms with Crippen LogP contribution >= 0.6 is 11.6 Å². The van der Waals surface area contributed by atoms with Crippen molar-refractivity contribution in [2.75, 3.05) is 6.54 Å². The summed E-state index contributed by atoms with van der Waals surface area (Å²) in [5.74, 6) is 0.310. The van der Waals surface area contributed by atoms with E-state index in [2.05, 4.69) is 14.9 Å². The average molecular weight is 350 g/mol. The number of nitrogens with zero attached hydrogens (tertiary/aromatic N) is 2. The Hall–Kier alpha value is -1.72. The minimum atomic E-state index is -0.417. The van der Waals surface area contributed by atoms with Crippen LogP contribution in [0, 0.1) is 5.82 Å². The van der Waals surface area contributed by atoms with Crippen molar-refractivity contribution in [3.63, 3.8) is 0 Å². The molecule has 6 heteroatoms. The Morgan fingerprint density at radius 1 is 1.38 bits per heavy atom. The molecule has 0 aliphatic carbocycles. The number of nitrogens with one attached hydrogen (secondary N) is 1. The maximum atomic E-state index is 13.3. The molecule has 2 aromatic rings. The monoisotopic (exact) mass is 349 g/mol. The van der Waals surface area contributed by atoms with Gasteiger partial charge in [-0.3, -0.25) is 9.69 Å². The average Bonchev–Trinajstić information content (AvgIpc) is 2.50. The third-order valence-electron chi connectivity index (χ3n) is 4.25. The summed E-state index contributed by atoms with van der Waals surface area (Å²) in [6.45, 7) is 8.07. The summed E-state index contributed by atoms with van der Waals surface area (Å²) in [7, 11) is 0. The maximum absolute atomic E-state index is 13.3. The van der Waals surface area contributed by atoms with Gasteiger partial charge in [0.1, 0.15) is 11.6 Å². The summed E-state index contributed by atoms with van der Waals surface area (Å²) >= 11 is 5.84. The molecule has 0 radical (unpaired) electrons. The van der Waals surface area contributed by atoms with Crippen LogP contribution in [0.3, 0.4) is 0 Å². The highest BCUT2D eigenvalue weighted by molar-refractivity contribution is 6.30. The Morgan fingerprint density at radius 3 is 2.79 bits per heavy atom. The fraction of sp³-hybridized carbons (Fsp3) is 0.444. The lowest BCUT2D eigenvalue weighted by Crippen LogP contribution is -2.37. The third kappa shape index (κ3) is 3.52. The van der Waals surface area contributed by atoms with Gasteiger partial charge >= 0.3 is 0 Å². The van der Waals surface area contributed by atoms with Crippen molar-refractivity contribution in [1.29, 1.82) is 0 Å². The Balaban J connectivity index is 1.82. The van der Waals surface area contributed by atoms with Crippen molar-refractivity contribution < 1.29 is 4.39 Å². The van der Waals surface area contributed by atoms with E-state index in [1.807, 2.05) is 20.8 Å². The first kappa shape index (κ1) is 17.1. The zero-order chi connectivity index (χ0) is 17.5. The van der Waals surface area contributed by atoms with Crippen LogP contribution in [-0.4, -0.2) is 21.4 Å². The summed E-state index contributed by atoms with van der Waals surface area (Å²) in [6, 6.07) is 4.74. The van der Waals surface area contributed by atoms with Crippen LogP contribution in [-0.2, 0) is 24.9 Å². The Kier molecular flexibility index (Phi) is 4.49. The molecule has 0 saturated carbocycles. The van der Waals surface area contributed by atoms with Gasteiger partial charge < -0.3 is 4.98 Å². The molecule has 0 amide bonds. The van der Waals surface area contributed by atoms with Crippen LogP contribution in [0.25, 0.3) is 0 Å². The number of halogens is 2. The fourth-order valence-electron chi connectivity index (χ4n) is 2.87. The fourth-order valence-corrected chi connectivity index (χ4v) is 3.07. The number of aromatic nitrogens is 2. The summed E-state index contributed by atoms with van der Waals surface area (Å²) in [4.78, 5) is 22.2. The molecular weight excluding hydrogens is 329 g/mol. The minimum absolute atomic E-state index is 0.0632. The molecule has 2 heterocycles. The molecule has 3 rings (SSSR count). The topological polar surface area (TPSA) is 49.0 Å². The lowest BCUT2D eigenvalue weighted by Gasteiger charge is -2.29. The highest BCUT2D eigenvalue weighted by Gasteiger charge is 2.24. The molecular formula is C18H21ClFN3O. The van der Waals surface area contributed by atoms with E-state index < -0.39 is 5.82 Å². The second-order valence-electron chi connectivity index (χ2n) is 7.30. The van der Waals surface area contributed by atoms with Crippen LogP contribution in [0.4, 0.5) is 4.39 Å². The Bertz CT molecular complexity index is 826. The highest BCUT2D eigenvalue weighted by Crippen LogP contribution is 2.22. The number of hydrogen-bond acceptors (Lipinski definition) is 3. The van der Waals surface area contributed by atoms with Crippen molar-refractivity contribution in [2.45, 2.75) is 45.7 Å². The Labute approximate surface area is 145 Å². The molecule has 1 aromatic heterocycles. The number of aromatic amines is 1. The van der Waals surface area contributed by atoms with Gasteiger partial charge in [0.15, 0.2) is 0 Å². The summed E-state index contributed by atoms with van der Waals surface area (Å²) in [6.07, 6.45) is 0.733. The molecule has 128 valence electrons. The van der Waals surface area contributed by atoms with Crippen molar-refractivity contribution in [1.82, 2.24) is 14.9 Å². The van der Waals surface area contributed by atoms with Gasteiger partial charge in [0.25, 0.3) is 5.56 Å². The van der Waals surface area contributed by atoms with Crippen LogP contribution in [0.15, 0.2) is 23.0 Å². The number of benzene rings is 1. The summed E-state index contributed by atoms with van der Waals surface area (Å²) < 4.78 is 13.3. The van der Waals surface area contributed by atoms with E-state index in [0.717, 1.165) is 35.6 Å². The molecule has 0 unspecified atom stereocenters. The summed E-state index contributed by atoms with van der Waals surface area (Å²) in [5, 5.41) is 0.124. The molecule has 0 bridgehead atoms. The van der Waals surface area contributed by atoms with Crippen molar-refractivity contribution in [2.24, 2.45) is 0 Å². The smallest absolute Gasteiger partial charge is 0.255 e. The van der Waals surface area contributed by atoms with E-state index in [1.54, 1.807) is 12.1 Å². The molecule has 1 N–H and O–H groups in total. The van der Waals surface area contributed by atoms with Crippen molar-refractivity contribution in [3.8, 4) is 0 Å². The number of rotatable bonds is 2. The molecule has 0 fully saturated rings. The van der Waals surface area contributed by atoms with E-state index in [-0.39, 0.29) is 16.0 Å². The third-order valence-corrected chi connectivity index (χ3v) is 4.54. The second kappa shape index (κ2) is 6.30. The normalized spacial score (nSPS) is 15.4. The van der Waals surface area contributed by atoms with Crippen LogP contribution in [0.1, 0.15) is 43.4 Å². The van der Waals surface area contributed by atoms with Gasteiger partial charge in [0.05, 0.1) is 16.3 Å². The molecule has 1 aromatic carbocycles. The molecule has 4 nitrogen and oxygen atoms in total. The van der Waals surface area contributed by atoms with Crippen molar-refractivity contribution >= 4 is 11.6 Å². The minimum Gasteiger partial charge on any atom is -0.310 e. The number of hydrogen-bond donors (Lipinski definition) is 1. The first-order valence-electron chi connectivity index (χ1n) is 8.03. The van der Waals surface area contributed by atoms with E-state index >= 15 is 0 Å². The predicted octanol–water partition coefficient (Wildman–Crippen LogP) is 3.42. The van der Waals surface area contributed by atoms with E-state index in [0.29, 0.717) is 13.1 Å². The summed E-state index contributed by atoms with van der Waals surface area (Å²) in [5.41, 5.74) is 2.29. The van der Waals surface area contributed by atoms with Gasteiger partial charge in [0, 0.05) is 31.5 Å². The molecule has 0 spiro atoms. The van der Waals surface area contributed by atoms with E-state index in [4.69, 9.17) is 11.6 Å². The van der Waals surface area contributed by atoms with Crippen LogP contribution < -0.4 is 5.56 Å². The van der Waals surface area contributed by atoms with Gasteiger partial charge in [-0.25, -0.2) is 9.37 Å². The van der Waals surface area contributed by atoms with E-state index in [1.165, 1.54) is 6.07 Å². The second-order valence-corrected chi connectivity index (χ2v) is 7.71. The molecule has 0 atom stereocenters. The zero-order valence-electron chi connectivity index (χ0n) is 14.1. The standard InChI is InChI=1S/C18H21ClFN3O/c1-18(2,3)17-21-15-6-7-23(10-12(15)16(24)22-17)9-11-4-5-14(20)13(19)8-11/h4-5,8H,6-7,9-10H2,1-3H3,(H,21,22,24). The first-order valence-corrected chi connectivity index (χ1v) is 8.40. The van der Waals surface area contributed by atoms with Gasteiger partial charge in [-0.15, -0.1) is 0 Å². The molecule has 24 heavy (non-hydrogen) atoms. The van der Waals surface area contributed by atoms with Gasteiger partial charge in [-0.1, -0.05) is 38.4 Å². The maximum Gasteiger partial charge on any atom is 0.255 e. The lowest BCUT2D eigenvalue weighted by molar-refractivity contribution is 0.241. The predicted molar refractivity (Wildman–Crippen MR) is 92.8 cm³/mol.